The van der Waals surface area contributed by atoms with E-state index < -0.39 is 0 Å². The molecule has 1 aromatic heterocycles. The molecular weight excluding hydrogens is 170 g/mol. The van der Waals surface area contributed by atoms with Gasteiger partial charge in [0.15, 0.2) is 5.82 Å². The van der Waals surface area contributed by atoms with Crippen LogP contribution in [-0.4, -0.2) is 32.7 Å². The van der Waals surface area contributed by atoms with Crippen LogP contribution in [0.25, 0.3) is 0 Å². The van der Waals surface area contributed by atoms with Crippen molar-refractivity contribution >= 4 is 5.91 Å². The van der Waals surface area contributed by atoms with E-state index in [9.17, 15) is 4.79 Å². The molecule has 1 aromatic rings. The predicted molar refractivity (Wildman–Crippen MR) is 45.9 cm³/mol. The Hall–Kier alpha value is -1.46. The molecule has 0 aromatic carbocycles. The molecule has 0 aliphatic heterocycles. The lowest BCUT2D eigenvalue weighted by molar-refractivity contribution is -0.119. The van der Waals surface area contributed by atoms with Crippen molar-refractivity contribution < 1.29 is 4.79 Å². The highest BCUT2D eigenvalue weighted by atomic mass is 16.1. The van der Waals surface area contributed by atoms with Crippen molar-refractivity contribution in [3.8, 4) is 0 Å². The molecule has 0 spiro atoms. The predicted octanol–water partition coefficient (Wildman–Crippen LogP) is -0.628. The summed E-state index contributed by atoms with van der Waals surface area (Å²) in [6.45, 7) is 4.54. The monoisotopic (exact) mass is 183 g/mol. The second-order valence-corrected chi connectivity index (χ2v) is 2.64. The molecule has 1 N–H and O–H groups in total. The van der Waals surface area contributed by atoms with E-state index in [4.69, 9.17) is 0 Å². The van der Waals surface area contributed by atoms with E-state index in [1.807, 2.05) is 6.92 Å². The summed E-state index contributed by atoms with van der Waals surface area (Å²) < 4.78 is 0. The van der Waals surface area contributed by atoms with Crippen LogP contribution in [0.4, 0.5) is 0 Å². The molecule has 0 saturated heterocycles. The number of hydrogen-bond donors (Lipinski definition) is 1. The Morgan fingerprint density at radius 3 is 2.92 bits per heavy atom. The molecule has 0 bridgehead atoms. The fourth-order valence-electron chi connectivity index (χ4n) is 0.845. The standard InChI is InChI=1S/C7H13N5O/c1-3-7-9-11-12(10-7)5-4-8-6(2)13/h3-5H2,1-2H3,(H,8,13). The number of hydrogen-bond acceptors (Lipinski definition) is 4. The molecule has 1 rings (SSSR count). The average molecular weight is 183 g/mol. The highest BCUT2D eigenvalue weighted by molar-refractivity contribution is 5.72. The third-order valence-electron chi connectivity index (χ3n) is 1.50. The lowest BCUT2D eigenvalue weighted by Gasteiger charge is -1.98. The van der Waals surface area contributed by atoms with Crippen LogP contribution in [0.15, 0.2) is 0 Å². The molecular formula is C7H13N5O. The van der Waals surface area contributed by atoms with Crippen molar-refractivity contribution in [1.82, 2.24) is 25.5 Å². The van der Waals surface area contributed by atoms with E-state index in [0.717, 1.165) is 12.2 Å². The molecule has 1 heterocycles. The van der Waals surface area contributed by atoms with E-state index in [0.29, 0.717) is 13.1 Å². The van der Waals surface area contributed by atoms with Gasteiger partial charge in [0.1, 0.15) is 0 Å². The summed E-state index contributed by atoms with van der Waals surface area (Å²) in [6, 6.07) is 0. The molecule has 0 atom stereocenters. The SMILES string of the molecule is CCc1nnn(CCNC(C)=O)n1. The molecule has 1 amide bonds. The normalized spacial score (nSPS) is 10.0. The van der Waals surface area contributed by atoms with Gasteiger partial charge in [-0.2, -0.15) is 4.80 Å². The molecule has 72 valence electrons. The molecule has 6 nitrogen and oxygen atoms in total. The zero-order valence-electron chi connectivity index (χ0n) is 7.82. The number of carbonyl (C=O) groups excluding carboxylic acids is 1. The topological polar surface area (TPSA) is 72.7 Å². The highest BCUT2D eigenvalue weighted by Crippen LogP contribution is 1.85. The molecule has 6 heteroatoms. The largest absolute Gasteiger partial charge is 0.354 e. The lowest BCUT2D eigenvalue weighted by atomic mass is 10.5. The number of amides is 1. The summed E-state index contributed by atoms with van der Waals surface area (Å²) in [5.74, 6) is 0.679. The summed E-state index contributed by atoms with van der Waals surface area (Å²) in [7, 11) is 0. The van der Waals surface area contributed by atoms with Gasteiger partial charge in [0.2, 0.25) is 5.91 Å². The van der Waals surface area contributed by atoms with Gasteiger partial charge in [-0.1, -0.05) is 6.92 Å². The first kappa shape index (κ1) is 9.63. The molecule has 13 heavy (non-hydrogen) atoms. The van der Waals surface area contributed by atoms with Crippen molar-refractivity contribution in [1.29, 1.82) is 0 Å². The zero-order valence-corrected chi connectivity index (χ0v) is 7.82. The summed E-state index contributed by atoms with van der Waals surface area (Å²) >= 11 is 0. The maximum Gasteiger partial charge on any atom is 0.216 e. The Bertz CT molecular complexity index is 282. The number of tetrazole rings is 1. The lowest BCUT2D eigenvalue weighted by Crippen LogP contribution is -2.25. The minimum absolute atomic E-state index is 0.0455. The number of aryl methyl sites for hydroxylation is 1. The number of carbonyl (C=O) groups is 1. The smallest absolute Gasteiger partial charge is 0.216 e. The van der Waals surface area contributed by atoms with Crippen LogP contribution in [0.5, 0.6) is 0 Å². The van der Waals surface area contributed by atoms with E-state index in [1.54, 1.807) is 0 Å². The second kappa shape index (κ2) is 4.54. The summed E-state index contributed by atoms with van der Waals surface area (Å²) in [6.07, 6.45) is 0.778. The van der Waals surface area contributed by atoms with Gasteiger partial charge in [-0.3, -0.25) is 4.79 Å². The van der Waals surface area contributed by atoms with E-state index in [1.165, 1.54) is 11.7 Å². The number of nitrogens with zero attached hydrogens (tertiary/aromatic N) is 4. The fourth-order valence-corrected chi connectivity index (χ4v) is 0.845. The van der Waals surface area contributed by atoms with Crippen molar-refractivity contribution in [3.05, 3.63) is 5.82 Å². The molecule has 0 fully saturated rings. The maximum atomic E-state index is 10.5. The van der Waals surface area contributed by atoms with Gasteiger partial charge in [-0.25, -0.2) is 0 Å². The van der Waals surface area contributed by atoms with Crippen molar-refractivity contribution in [2.24, 2.45) is 0 Å². The Morgan fingerprint density at radius 1 is 1.62 bits per heavy atom. The first-order valence-corrected chi connectivity index (χ1v) is 4.23. The van der Waals surface area contributed by atoms with Gasteiger partial charge >= 0.3 is 0 Å². The van der Waals surface area contributed by atoms with Crippen molar-refractivity contribution in [2.75, 3.05) is 6.54 Å². The Morgan fingerprint density at radius 2 is 2.38 bits per heavy atom. The fraction of sp³-hybridized carbons (Fsp3) is 0.714. The minimum atomic E-state index is -0.0455. The molecule has 0 unspecified atom stereocenters. The van der Waals surface area contributed by atoms with Gasteiger partial charge < -0.3 is 5.32 Å². The second-order valence-electron chi connectivity index (χ2n) is 2.64. The number of nitrogens with one attached hydrogen (secondary N) is 1. The van der Waals surface area contributed by atoms with Crippen LogP contribution in [0.2, 0.25) is 0 Å². The van der Waals surface area contributed by atoms with Crippen LogP contribution in [0.3, 0.4) is 0 Å². The van der Waals surface area contributed by atoms with Crippen molar-refractivity contribution in [3.63, 3.8) is 0 Å². The quantitative estimate of drug-likeness (QED) is 0.674. The van der Waals surface area contributed by atoms with Crippen molar-refractivity contribution in [2.45, 2.75) is 26.8 Å². The van der Waals surface area contributed by atoms with E-state index >= 15 is 0 Å². The van der Waals surface area contributed by atoms with Crippen LogP contribution < -0.4 is 5.32 Å². The Balaban J connectivity index is 2.32. The van der Waals surface area contributed by atoms with Gasteiger partial charge in [-0.15, -0.1) is 10.2 Å². The van der Waals surface area contributed by atoms with E-state index in [2.05, 4.69) is 20.7 Å². The minimum Gasteiger partial charge on any atom is -0.354 e. The summed E-state index contributed by atoms with van der Waals surface area (Å²) in [4.78, 5) is 12.0. The number of aromatic nitrogens is 4. The molecule has 0 radical (unpaired) electrons. The van der Waals surface area contributed by atoms with Gasteiger partial charge in [0, 0.05) is 19.9 Å². The van der Waals surface area contributed by atoms with E-state index in [-0.39, 0.29) is 5.91 Å². The van der Waals surface area contributed by atoms with Gasteiger partial charge in [0.05, 0.1) is 6.54 Å². The Labute approximate surface area is 76.3 Å². The first-order chi connectivity index (χ1) is 6.22. The van der Waals surface area contributed by atoms with Gasteiger partial charge in [0.25, 0.3) is 0 Å². The highest BCUT2D eigenvalue weighted by Gasteiger charge is 1.99. The van der Waals surface area contributed by atoms with Crippen LogP contribution >= 0.6 is 0 Å². The summed E-state index contributed by atoms with van der Waals surface area (Å²) in [5.41, 5.74) is 0. The summed E-state index contributed by atoms with van der Waals surface area (Å²) in [5, 5.41) is 14.3. The third kappa shape index (κ3) is 3.18. The zero-order chi connectivity index (χ0) is 9.68. The first-order valence-electron chi connectivity index (χ1n) is 4.23. The molecule has 0 aliphatic carbocycles. The molecule has 0 aliphatic rings. The van der Waals surface area contributed by atoms with Crippen LogP contribution in [0, 0.1) is 0 Å². The van der Waals surface area contributed by atoms with Gasteiger partial charge in [-0.05, 0) is 5.21 Å². The van der Waals surface area contributed by atoms with Crippen LogP contribution in [-0.2, 0) is 17.8 Å². The van der Waals surface area contributed by atoms with Crippen LogP contribution in [0.1, 0.15) is 19.7 Å². The molecule has 0 saturated carbocycles. The maximum absolute atomic E-state index is 10.5. The average Bonchev–Trinajstić information content (AvgIpc) is 2.52. The Kier molecular flexibility index (Phi) is 3.36. The third-order valence-corrected chi connectivity index (χ3v) is 1.50. The number of rotatable bonds is 4.